The summed E-state index contributed by atoms with van der Waals surface area (Å²) in [6.45, 7) is 2.24. The van der Waals surface area contributed by atoms with Gasteiger partial charge in [0.2, 0.25) is 11.2 Å². The molecule has 1 aromatic heterocycles. The summed E-state index contributed by atoms with van der Waals surface area (Å²) in [5.41, 5.74) is 2.13. The summed E-state index contributed by atoms with van der Waals surface area (Å²) in [5, 5.41) is 20.9. The number of rotatable bonds is 2. The van der Waals surface area contributed by atoms with E-state index in [-0.39, 0.29) is 29.4 Å². The highest BCUT2D eigenvalue weighted by atomic mass is 35.5. The van der Waals surface area contributed by atoms with Crippen LogP contribution in [-0.2, 0) is 6.42 Å². The number of benzene rings is 2. The van der Waals surface area contributed by atoms with Crippen molar-refractivity contribution in [2.75, 3.05) is 11.9 Å². The summed E-state index contributed by atoms with van der Waals surface area (Å²) < 4.78 is 11.3. The lowest BCUT2D eigenvalue weighted by molar-refractivity contribution is 0.357. The van der Waals surface area contributed by atoms with Gasteiger partial charge in [0.05, 0.1) is 17.8 Å². The van der Waals surface area contributed by atoms with Crippen molar-refractivity contribution in [1.29, 1.82) is 5.41 Å². The average Bonchev–Trinajstić information content (AvgIpc) is 3.05. The highest BCUT2D eigenvalue weighted by molar-refractivity contribution is 5.94. The van der Waals surface area contributed by atoms with Gasteiger partial charge in [-0.1, -0.05) is 0 Å². The Morgan fingerprint density at radius 2 is 2.04 bits per heavy atom. The predicted octanol–water partition coefficient (Wildman–Crippen LogP) is 3.93. The minimum Gasteiger partial charge on any atom is -0.502 e. The fourth-order valence-electron chi connectivity index (χ4n) is 3.00. The second-order valence-corrected chi connectivity index (χ2v) is 5.99. The molecule has 0 unspecified atom stereocenters. The molecule has 0 bridgehead atoms. The molecule has 3 aromatic rings. The number of fused-ring (bicyclic) bond motifs is 2. The zero-order valence-electron chi connectivity index (χ0n) is 14.0. The van der Waals surface area contributed by atoms with Gasteiger partial charge in [0.25, 0.3) is 0 Å². The lowest BCUT2D eigenvalue weighted by Gasteiger charge is -2.09. The molecular weight excluding hydrogens is 356 g/mol. The molecule has 0 amide bonds. The molecule has 26 heavy (non-hydrogen) atoms. The lowest BCUT2D eigenvalue weighted by Crippen LogP contribution is -2.07. The molecule has 6 nitrogen and oxygen atoms in total. The van der Waals surface area contributed by atoms with Crippen molar-refractivity contribution in [3.8, 4) is 22.8 Å². The van der Waals surface area contributed by atoms with Crippen LogP contribution < -0.4 is 15.5 Å². The summed E-state index contributed by atoms with van der Waals surface area (Å²) in [4.78, 5) is 12.6. The monoisotopic (exact) mass is 372 g/mol. The molecule has 134 valence electrons. The van der Waals surface area contributed by atoms with E-state index in [1.165, 1.54) is 0 Å². The van der Waals surface area contributed by atoms with Crippen LogP contribution in [0.15, 0.2) is 45.6 Å². The largest absolute Gasteiger partial charge is 0.502 e. The van der Waals surface area contributed by atoms with E-state index in [0.717, 1.165) is 17.7 Å². The molecule has 0 fully saturated rings. The summed E-state index contributed by atoms with van der Waals surface area (Å²) in [6.07, 6.45) is 0.791. The SMILES string of the molecule is CC(=N)Nc1ccc2oc(-c3ccc4c(c3)CCO4)c(O)c(=O)c2c1.Cl. The maximum absolute atomic E-state index is 12.6. The zero-order chi connectivity index (χ0) is 17.6. The molecule has 0 radical (unpaired) electrons. The first-order valence-electron chi connectivity index (χ1n) is 7.91. The predicted molar refractivity (Wildman–Crippen MR) is 103 cm³/mol. The molecule has 0 saturated heterocycles. The molecule has 1 aliphatic rings. The third-order valence-electron chi connectivity index (χ3n) is 4.15. The Balaban J connectivity index is 0.00000196. The molecule has 7 heteroatoms. The number of amidine groups is 1. The molecule has 0 spiro atoms. The molecule has 2 aromatic carbocycles. The van der Waals surface area contributed by atoms with E-state index in [2.05, 4.69) is 5.32 Å². The average molecular weight is 373 g/mol. The minimum atomic E-state index is -0.501. The van der Waals surface area contributed by atoms with Crippen LogP contribution in [0.1, 0.15) is 12.5 Å². The van der Waals surface area contributed by atoms with Crippen molar-refractivity contribution in [3.63, 3.8) is 0 Å². The maximum Gasteiger partial charge on any atom is 0.235 e. The first kappa shape index (κ1) is 17.8. The Hall–Kier alpha value is -2.99. The molecule has 0 aliphatic carbocycles. The third-order valence-corrected chi connectivity index (χ3v) is 4.15. The molecule has 3 N–H and O–H groups in total. The quantitative estimate of drug-likeness (QED) is 0.468. The minimum absolute atomic E-state index is 0. The standard InChI is InChI=1S/C19H16N2O4.ClH/c1-10(20)21-13-3-5-16-14(9-13)17(22)18(23)19(25-16)12-2-4-15-11(8-12)6-7-24-15;/h2-5,8-9,23H,6-7H2,1H3,(H2,20,21);1H. The summed E-state index contributed by atoms with van der Waals surface area (Å²) in [5.74, 6) is 0.806. The van der Waals surface area contributed by atoms with Gasteiger partial charge in [0.1, 0.15) is 11.3 Å². The lowest BCUT2D eigenvalue weighted by atomic mass is 10.0. The highest BCUT2D eigenvalue weighted by Crippen LogP contribution is 2.35. The van der Waals surface area contributed by atoms with Crippen LogP contribution in [0.5, 0.6) is 11.5 Å². The normalized spacial score (nSPS) is 12.2. The van der Waals surface area contributed by atoms with Crippen LogP contribution in [0.4, 0.5) is 5.69 Å². The third kappa shape index (κ3) is 2.99. The van der Waals surface area contributed by atoms with Crippen LogP contribution in [0.2, 0.25) is 0 Å². The fourth-order valence-corrected chi connectivity index (χ4v) is 3.00. The molecule has 0 atom stereocenters. The van der Waals surface area contributed by atoms with Crippen LogP contribution in [-0.4, -0.2) is 17.5 Å². The number of ether oxygens (including phenoxy) is 1. The first-order valence-corrected chi connectivity index (χ1v) is 7.91. The zero-order valence-corrected chi connectivity index (χ0v) is 14.8. The number of anilines is 1. The Bertz CT molecular complexity index is 1080. The van der Waals surface area contributed by atoms with Crippen molar-refractivity contribution >= 4 is 34.9 Å². The van der Waals surface area contributed by atoms with Gasteiger partial charge in [-0.3, -0.25) is 10.2 Å². The van der Waals surface area contributed by atoms with Crippen LogP contribution >= 0.6 is 12.4 Å². The molecule has 0 saturated carbocycles. The first-order chi connectivity index (χ1) is 12.0. The fraction of sp³-hybridized carbons (Fsp3) is 0.158. The highest BCUT2D eigenvalue weighted by Gasteiger charge is 2.19. The van der Waals surface area contributed by atoms with E-state index in [1.54, 1.807) is 31.2 Å². The Labute approximate surface area is 155 Å². The van der Waals surface area contributed by atoms with Crippen LogP contribution in [0.3, 0.4) is 0 Å². The van der Waals surface area contributed by atoms with Crippen molar-refractivity contribution in [3.05, 3.63) is 52.2 Å². The van der Waals surface area contributed by atoms with E-state index in [0.29, 0.717) is 23.4 Å². The van der Waals surface area contributed by atoms with E-state index in [9.17, 15) is 9.90 Å². The number of hydrogen-bond acceptors (Lipinski definition) is 5. The molecule has 2 heterocycles. The number of nitrogens with one attached hydrogen (secondary N) is 2. The summed E-state index contributed by atoms with van der Waals surface area (Å²) in [7, 11) is 0. The van der Waals surface area contributed by atoms with Gasteiger partial charge in [-0.05, 0) is 48.9 Å². The molecule has 4 rings (SSSR count). The number of aromatic hydroxyl groups is 1. The maximum atomic E-state index is 12.6. The van der Waals surface area contributed by atoms with Gasteiger partial charge in [-0.2, -0.15) is 0 Å². The van der Waals surface area contributed by atoms with Gasteiger partial charge in [-0.25, -0.2) is 0 Å². The smallest absolute Gasteiger partial charge is 0.235 e. The molecular formula is C19H17ClN2O4. The van der Waals surface area contributed by atoms with E-state index in [1.807, 2.05) is 12.1 Å². The van der Waals surface area contributed by atoms with Gasteiger partial charge >= 0.3 is 0 Å². The Morgan fingerprint density at radius 3 is 2.81 bits per heavy atom. The van der Waals surface area contributed by atoms with Crippen molar-refractivity contribution in [1.82, 2.24) is 0 Å². The van der Waals surface area contributed by atoms with Gasteiger partial charge in [0, 0.05) is 17.7 Å². The summed E-state index contributed by atoms with van der Waals surface area (Å²) >= 11 is 0. The van der Waals surface area contributed by atoms with Gasteiger partial charge in [-0.15, -0.1) is 12.4 Å². The van der Waals surface area contributed by atoms with Crippen molar-refractivity contribution in [2.45, 2.75) is 13.3 Å². The Kier molecular flexibility index (Phi) is 4.61. The van der Waals surface area contributed by atoms with Crippen LogP contribution in [0.25, 0.3) is 22.3 Å². The second kappa shape index (κ2) is 6.72. The number of halogens is 1. The van der Waals surface area contributed by atoms with Crippen molar-refractivity contribution in [2.24, 2.45) is 0 Å². The van der Waals surface area contributed by atoms with Crippen LogP contribution in [0, 0.1) is 5.41 Å². The van der Waals surface area contributed by atoms with E-state index in [4.69, 9.17) is 14.6 Å². The van der Waals surface area contributed by atoms with Gasteiger partial charge < -0.3 is 19.6 Å². The number of hydrogen-bond donors (Lipinski definition) is 3. The van der Waals surface area contributed by atoms with E-state index < -0.39 is 11.2 Å². The van der Waals surface area contributed by atoms with Gasteiger partial charge in [0.15, 0.2) is 5.76 Å². The summed E-state index contributed by atoms with van der Waals surface area (Å²) in [6, 6.07) is 10.4. The molecule has 1 aliphatic heterocycles. The Morgan fingerprint density at radius 1 is 1.23 bits per heavy atom. The second-order valence-electron chi connectivity index (χ2n) is 5.99. The van der Waals surface area contributed by atoms with Crippen molar-refractivity contribution < 1.29 is 14.3 Å². The van der Waals surface area contributed by atoms with E-state index >= 15 is 0 Å². The topological polar surface area (TPSA) is 95.6 Å².